The normalized spacial score (nSPS) is 11.4. The van der Waals surface area contributed by atoms with E-state index in [0.29, 0.717) is 0 Å². The fourth-order valence-corrected chi connectivity index (χ4v) is 2.10. The van der Waals surface area contributed by atoms with Gasteiger partial charge in [-0.1, -0.05) is 0 Å². The first kappa shape index (κ1) is 17.4. The summed E-state index contributed by atoms with van der Waals surface area (Å²) >= 11 is 0. The maximum Gasteiger partial charge on any atom is 0.764 e. The van der Waals surface area contributed by atoms with Crippen molar-refractivity contribution in [3.8, 4) is 6.07 Å². The van der Waals surface area contributed by atoms with Crippen LogP contribution in [0.25, 0.3) is 0 Å². The van der Waals surface area contributed by atoms with Crippen molar-refractivity contribution in [2.24, 2.45) is 0 Å². The molecule has 0 saturated heterocycles. The zero-order chi connectivity index (χ0) is 13.7. The van der Waals surface area contributed by atoms with Crippen molar-refractivity contribution in [2.75, 3.05) is 26.4 Å². The fourth-order valence-electron chi connectivity index (χ4n) is 0.729. The largest absolute Gasteiger partial charge is 0.764 e. The molecule has 0 bridgehead atoms. The van der Waals surface area contributed by atoms with Gasteiger partial charge in [-0.3, -0.25) is 0 Å². The Morgan fingerprint density at radius 2 is 1.33 bits per heavy atom. The van der Waals surface area contributed by atoms with E-state index in [9.17, 15) is 0 Å². The highest BCUT2D eigenvalue weighted by molar-refractivity contribution is 6.52. The van der Waals surface area contributed by atoms with Crippen LogP contribution >= 0.6 is 0 Å². The van der Waals surface area contributed by atoms with E-state index < -0.39 is 9.05 Å². The molecule has 106 valence electrons. The highest BCUT2D eigenvalue weighted by atomic mass is 28.4. The van der Waals surface area contributed by atoms with Gasteiger partial charge in [0.25, 0.3) is 0 Å². The number of hydrogen-bond acceptors (Lipinski definition) is 8. The molecule has 0 aromatic heterocycles. The van der Waals surface area contributed by atoms with Crippen LogP contribution in [-0.4, -0.2) is 35.5 Å². The third-order valence-electron chi connectivity index (χ3n) is 1.33. The molecule has 0 aliphatic rings. The Kier molecular flexibility index (Phi) is 11.1. The summed E-state index contributed by atoms with van der Waals surface area (Å²) in [6.45, 7) is 6.00. The Morgan fingerprint density at radius 1 is 0.889 bits per heavy atom. The second-order valence-corrected chi connectivity index (χ2v) is 4.51. The van der Waals surface area contributed by atoms with Crippen LogP contribution in [0.4, 0.5) is 0 Å². The van der Waals surface area contributed by atoms with Gasteiger partial charge in [0.2, 0.25) is 0 Å². The van der Waals surface area contributed by atoms with Crippen molar-refractivity contribution in [1.29, 1.82) is 5.26 Å². The molecule has 0 unspecified atom stereocenters. The van der Waals surface area contributed by atoms with E-state index in [1.807, 2.05) is 6.07 Å². The topological polar surface area (TPSA) is 88.4 Å². The lowest BCUT2D eigenvalue weighted by molar-refractivity contribution is -0.385. The van der Waals surface area contributed by atoms with Crippen molar-refractivity contribution < 1.29 is 32.8 Å². The number of hydrogen-bond donors (Lipinski definition) is 0. The monoisotopic (exact) mass is 281 g/mol. The average molecular weight is 281 g/mol. The van der Waals surface area contributed by atoms with Crippen molar-refractivity contribution in [2.45, 2.75) is 27.2 Å². The molecule has 0 aromatic carbocycles. The third kappa shape index (κ3) is 7.70. The molecule has 0 radical (unpaired) electrons. The second kappa shape index (κ2) is 11.5. The Morgan fingerprint density at radius 3 is 1.67 bits per heavy atom. The predicted octanol–water partition coefficient (Wildman–Crippen LogP) is 1.26. The van der Waals surface area contributed by atoms with Crippen LogP contribution in [-0.2, 0) is 32.8 Å². The smallest absolute Gasteiger partial charge is 0.346 e. The summed E-state index contributed by atoms with van der Waals surface area (Å²) in [4.78, 5) is 14.3. The Balaban J connectivity index is 4.46. The maximum absolute atomic E-state index is 8.46. The van der Waals surface area contributed by atoms with Gasteiger partial charge in [0, 0.05) is 0 Å². The molecule has 0 heterocycles. The minimum absolute atomic E-state index is 0.0515. The molecule has 0 fully saturated rings. The second-order valence-electron chi connectivity index (χ2n) is 2.73. The van der Waals surface area contributed by atoms with Crippen molar-refractivity contribution in [1.82, 2.24) is 0 Å². The lowest BCUT2D eigenvalue weighted by Gasteiger charge is -2.23. The van der Waals surface area contributed by atoms with Gasteiger partial charge >= 0.3 is 9.05 Å². The molecule has 0 aliphatic heterocycles. The van der Waals surface area contributed by atoms with Crippen molar-refractivity contribution in [3.05, 3.63) is 0 Å². The van der Waals surface area contributed by atoms with E-state index in [1.165, 1.54) is 0 Å². The number of nitriles is 1. The van der Waals surface area contributed by atoms with Crippen LogP contribution in [0.1, 0.15) is 27.2 Å². The summed E-state index contributed by atoms with van der Waals surface area (Å²) in [5.41, 5.74) is 0. The average Bonchev–Trinajstić information content (AvgIpc) is 2.40. The molecule has 8 nitrogen and oxygen atoms in total. The minimum atomic E-state index is -3.71. The van der Waals surface area contributed by atoms with Crippen LogP contribution in [0.3, 0.4) is 0 Å². The lowest BCUT2D eigenvalue weighted by atomic mass is 10.5. The molecule has 18 heavy (non-hydrogen) atoms. The van der Waals surface area contributed by atoms with Crippen LogP contribution in [0.5, 0.6) is 0 Å². The first-order valence-electron chi connectivity index (χ1n) is 5.67. The molecule has 0 aromatic rings. The van der Waals surface area contributed by atoms with Gasteiger partial charge in [-0.15, -0.1) is 0 Å². The third-order valence-corrected chi connectivity index (χ3v) is 2.85. The van der Waals surface area contributed by atoms with E-state index in [0.717, 1.165) is 0 Å². The molecule has 0 N–H and O–H groups in total. The summed E-state index contributed by atoms with van der Waals surface area (Å²) < 4.78 is 20.1. The van der Waals surface area contributed by atoms with Crippen molar-refractivity contribution in [3.63, 3.8) is 0 Å². The van der Waals surface area contributed by atoms with E-state index in [4.69, 9.17) is 38.1 Å². The van der Waals surface area contributed by atoms with Gasteiger partial charge in [0.15, 0.2) is 0 Å². The zero-order valence-corrected chi connectivity index (χ0v) is 11.8. The fraction of sp³-hybridized carbons (Fsp3) is 0.889. The Labute approximate surface area is 108 Å². The van der Waals surface area contributed by atoms with Crippen LogP contribution < -0.4 is 0 Å². The molecule has 0 saturated carbocycles. The molecular weight excluding hydrogens is 262 g/mol. The van der Waals surface area contributed by atoms with E-state index in [-0.39, 0.29) is 32.8 Å². The van der Waals surface area contributed by atoms with Gasteiger partial charge in [-0.25, -0.2) is 14.7 Å². The van der Waals surface area contributed by atoms with Crippen LogP contribution in [0.2, 0.25) is 0 Å². The molecule has 9 heteroatoms. The minimum Gasteiger partial charge on any atom is -0.346 e. The first-order chi connectivity index (χ1) is 8.74. The number of nitrogens with zero attached hydrogens (tertiary/aromatic N) is 1. The van der Waals surface area contributed by atoms with Gasteiger partial charge in [0.1, 0.15) is 0 Å². The quantitative estimate of drug-likeness (QED) is 0.228. The van der Waals surface area contributed by atoms with Gasteiger partial charge < -0.3 is 4.43 Å². The summed E-state index contributed by atoms with van der Waals surface area (Å²) in [7, 11) is -3.71. The molecule has 0 atom stereocenters. The van der Waals surface area contributed by atoms with Gasteiger partial charge in [-0.05, 0) is 20.8 Å². The lowest BCUT2D eigenvalue weighted by Crippen LogP contribution is -2.49. The SMILES string of the molecule is CCOO[Si](OCCC#N)(OOCC)OOCC. The molecule has 0 aliphatic carbocycles. The van der Waals surface area contributed by atoms with E-state index in [2.05, 4.69) is 0 Å². The zero-order valence-electron chi connectivity index (χ0n) is 10.8. The molecular formula is C9H19NO7Si. The van der Waals surface area contributed by atoms with Crippen molar-refractivity contribution >= 4 is 9.05 Å². The molecule has 0 amide bonds. The predicted molar refractivity (Wildman–Crippen MR) is 60.1 cm³/mol. The molecule has 0 spiro atoms. The van der Waals surface area contributed by atoms with Gasteiger partial charge in [-0.2, -0.15) is 19.0 Å². The summed E-state index contributed by atoms with van der Waals surface area (Å²) in [5.74, 6) is 0. The summed E-state index contributed by atoms with van der Waals surface area (Å²) in [6.07, 6.45) is 0.148. The van der Waals surface area contributed by atoms with E-state index in [1.54, 1.807) is 20.8 Å². The van der Waals surface area contributed by atoms with Gasteiger partial charge in [0.05, 0.1) is 38.9 Å². The highest BCUT2D eigenvalue weighted by Gasteiger charge is 2.52. The number of rotatable bonds is 12. The maximum atomic E-state index is 8.46. The van der Waals surface area contributed by atoms with Crippen LogP contribution in [0.15, 0.2) is 0 Å². The van der Waals surface area contributed by atoms with E-state index >= 15 is 0 Å². The standard InChI is InChI=1S/C9H19NO7Si/c1-4-11-15-18(16-12-5-2,17-13-6-3)14-9-7-8-10/h4-7,9H2,1-3H3. The highest BCUT2D eigenvalue weighted by Crippen LogP contribution is 2.14. The summed E-state index contributed by atoms with van der Waals surface area (Å²) in [5, 5.41) is 8.46. The first-order valence-corrected chi connectivity index (χ1v) is 7.30. The Bertz CT molecular complexity index is 214. The van der Waals surface area contributed by atoms with Crippen LogP contribution in [0, 0.1) is 11.3 Å². The molecule has 0 rings (SSSR count). The Hall–Kier alpha value is -0.573. The summed E-state index contributed by atoms with van der Waals surface area (Å²) in [6, 6.07) is 1.92.